The predicted molar refractivity (Wildman–Crippen MR) is 103 cm³/mol. The Morgan fingerprint density at radius 2 is 1.85 bits per heavy atom. The molecule has 0 unspecified atom stereocenters. The van der Waals surface area contributed by atoms with E-state index in [1.807, 2.05) is 42.5 Å². The van der Waals surface area contributed by atoms with Crippen LogP contribution in [-0.4, -0.2) is 24.2 Å². The van der Waals surface area contributed by atoms with Gasteiger partial charge in [-0.25, -0.2) is 9.78 Å². The van der Waals surface area contributed by atoms with Gasteiger partial charge in [-0.05, 0) is 17.7 Å². The molecule has 26 heavy (non-hydrogen) atoms. The zero-order chi connectivity index (χ0) is 18.2. The van der Waals surface area contributed by atoms with E-state index in [1.165, 1.54) is 11.3 Å². The van der Waals surface area contributed by atoms with Gasteiger partial charge in [-0.15, -0.1) is 11.3 Å². The minimum atomic E-state index is -0.475. The van der Waals surface area contributed by atoms with Crippen LogP contribution < -0.4 is 10.1 Å². The zero-order valence-corrected chi connectivity index (χ0v) is 15.4. The number of benzene rings is 2. The number of thiazole rings is 1. The second-order valence-corrected chi connectivity index (χ2v) is 6.56. The van der Waals surface area contributed by atoms with E-state index in [2.05, 4.69) is 10.3 Å². The molecule has 1 N–H and O–H groups in total. The summed E-state index contributed by atoms with van der Waals surface area (Å²) in [7, 11) is 0. The van der Waals surface area contributed by atoms with Crippen molar-refractivity contribution in [1.82, 2.24) is 4.98 Å². The minimum Gasteiger partial charge on any atom is -0.488 e. The van der Waals surface area contributed by atoms with Gasteiger partial charge in [0.15, 0.2) is 10.8 Å². The molecule has 0 radical (unpaired) electrons. The summed E-state index contributed by atoms with van der Waals surface area (Å²) in [5.41, 5.74) is 1.42. The number of halogens is 1. The second kappa shape index (κ2) is 9.22. The van der Waals surface area contributed by atoms with Crippen molar-refractivity contribution >= 4 is 34.0 Å². The number of hydrogen-bond donors (Lipinski definition) is 1. The van der Waals surface area contributed by atoms with Gasteiger partial charge in [-0.1, -0.05) is 54.1 Å². The first kappa shape index (κ1) is 18.2. The fourth-order valence-corrected chi connectivity index (χ4v) is 3.01. The Morgan fingerprint density at radius 3 is 2.65 bits per heavy atom. The van der Waals surface area contributed by atoms with E-state index in [4.69, 9.17) is 21.1 Å². The third-order valence-electron chi connectivity index (χ3n) is 3.41. The molecule has 7 heteroatoms. The molecular formula is C19H17ClN2O3S. The van der Waals surface area contributed by atoms with Crippen molar-refractivity contribution in [3.05, 3.63) is 76.3 Å². The number of ether oxygens (including phenoxy) is 2. The number of esters is 1. The van der Waals surface area contributed by atoms with Crippen LogP contribution >= 0.6 is 22.9 Å². The van der Waals surface area contributed by atoms with Gasteiger partial charge in [-0.3, -0.25) is 0 Å². The molecule has 0 atom stereocenters. The lowest BCUT2D eigenvalue weighted by Gasteiger charge is -2.07. The summed E-state index contributed by atoms with van der Waals surface area (Å²) in [5.74, 6) is 0.0861. The highest BCUT2D eigenvalue weighted by Gasteiger charge is 2.12. The third kappa shape index (κ3) is 5.21. The highest BCUT2D eigenvalue weighted by Crippen LogP contribution is 2.23. The molecule has 0 bridgehead atoms. The van der Waals surface area contributed by atoms with Crippen LogP contribution in [0.4, 0.5) is 5.13 Å². The van der Waals surface area contributed by atoms with E-state index in [-0.39, 0.29) is 18.9 Å². The molecule has 1 heterocycles. The number of carbonyl (C=O) groups is 1. The van der Waals surface area contributed by atoms with Crippen molar-refractivity contribution in [2.45, 2.75) is 6.54 Å². The van der Waals surface area contributed by atoms with Crippen LogP contribution in [-0.2, 0) is 11.3 Å². The molecule has 0 saturated carbocycles. The van der Waals surface area contributed by atoms with Crippen LogP contribution in [0, 0.1) is 0 Å². The number of para-hydroxylation sites is 1. The standard InChI is InChI=1S/C19H17ClN2O3S/c20-15-8-4-5-9-17(15)24-10-11-25-18(23)16-13-26-19(22-16)21-12-14-6-2-1-3-7-14/h1-9,13H,10-12H2,(H,21,22). The lowest BCUT2D eigenvalue weighted by atomic mass is 10.2. The highest BCUT2D eigenvalue weighted by atomic mass is 35.5. The fourth-order valence-electron chi connectivity index (χ4n) is 2.14. The average molecular weight is 389 g/mol. The molecule has 0 saturated heterocycles. The number of hydrogen-bond acceptors (Lipinski definition) is 6. The summed E-state index contributed by atoms with van der Waals surface area (Å²) in [5, 5.41) is 6.06. The Morgan fingerprint density at radius 1 is 1.08 bits per heavy atom. The van der Waals surface area contributed by atoms with Gasteiger partial charge in [0.2, 0.25) is 0 Å². The minimum absolute atomic E-state index is 0.119. The second-order valence-electron chi connectivity index (χ2n) is 5.29. The average Bonchev–Trinajstić information content (AvgIpc) is 3.15. The summed E-state index contributed by atoms with van der Waals surface area (Å²) in [6.07, 6.45) is 0. The van der Waals surface area contributed by atoms with Gasteiger partial charge in [0, 0.05) is 11.9 Å². The van der Waals surface area contributed by atoms with Gasteiger partial charge >= 0.3 is 5.97 Å². The van der Waals surface area contributed by atoms with Gasteiger partial charge in [0.05, 0.1) is 5.02 Å². The summed E-state index contributed by atoms with van der Waals surface area (Å²) >= 11 is 7.35. The van der Waals surface area contributed by atoms with Gasteiger partial charge in [0.25, 0.3) is 0 Å². The van der Waals surface area contributed by atoms with E-state index in [0.29, 0.717) is 22.4 Å². The quantitative estimate of drug-likeness (QED) is 0.449. The van der Waals surface area contributed by atoms with Gasteiger partial charge in [-0.2, -0.15) is 0 Å². The monoisotopic (exact) mass is 388 g/mol. The molecule has 5 nitrogen and oxygen atoms in total. The van der Waals surface area contributed by atoms with E-state index >= 15 is 0 Å². The normalized spacial score (nSPS) is 10.3. The number of aromatic nitrogens is 1. The Labute approximate surface area is 160 Å². The molecular weight excluding hydrogens is 372 g/mol. The van der Waals surface area contributed by atoms with E-state index in [0.717, 1.165) is 5.56 Å². The van der Waals surface area contributed by atoms with Crippen molar-refractivity contribution < 1.29 is 14.3 Å². The molecule has 134 valence electrons. The first-order chi connectivity index (χ1) is 12.7. The van der Waals surface area contributed by atoms with Gasteiger partial charge < -0.3 is 14.8 Å². The van der Waals surface area contributed by atoms with Crippen molar-refractivity contribution in [2.24, 2.45) is 0 Å². The molecule has 0 amide bonds. The first-order valence-electron chi connectivity index (χ1n) is 8.00. The lowest BCUT2D eigenvalue weighted by Crippen LogP contribution is -2.13. The molecule has 1 aromatic heterocycles. The number of nitrogens with one attached hydrogen (secondary N) is 1. The maximum atomic E-state index is 12.0. The van der Waals surface area contributed by atoms with Crippen LogP contribution in [0.15, 0.2) is 60.0 Å². The molecule has 0 aliphatic heterocycles. The zero-order valence-electron chi connectivity index (χ0n) is 13.9. The topological polar surface area (TPSA) is 60.5 Å². The van der Waals surface area contributed by atoms with Crippen molar-refractivity contribution in [1.29, 1.82) is 0 Å². The SMILES string of the molecule is O=C(OCCOc1ccccc1Cl)c1csc(NCc2ccccc2)n1. The molecule has 0 spiro atoms. The molecule has 0 fully saturated rings. The number of carbonyl (C=O) groups excluding carboxylic acids is 1. The molecule has 3 rings (SSSR count). The third-order valence-corrected chi connectivity index (χ3v) is 4.52. The summed E-state index contributed by atoms with van der Waals surface area (Å²) in [6.45, 7) is 0.988. The summed E-state index contributed by atoms with van der Waals surface area (Å²) in [6, 6.07) is 17.1. The van der Waals surface area contributed by atoms with Crippen LogP contribution in [0.1, 0.15) is 16.1 Å². The number of anilines is 1. The maximum absolute atomic E-state index is 12.0. The Hall–Kier alpha value is -2.57. The number of rotatable bonds is 8. The van der Waals surface area contributed by atoms with Crippen LogP contribution in [0.2, 0.25) is 5.02 Å². The lowest BCUT2D eigenvalue weighted by molar-refractivity contribution is 0.0445. The van der Waals surface area contributed by atoms with E-state index in [9.17, 15) is 4.79 Å². The van der Waals surface area contributed by atoms with Crippen LogP contribution in [0.3, 0.4) is 0 Å². The van der Waals surface area contributed by atoms with Crippen LogP contribution in [0.25, 0.3) is 0 Å². The highest BCUT2D eigenvalue weighted by molar-refractivity contribution is 7.13. The van der Waals surface area contributed by atoms with Crippen LogP contribution in [0.5, 0.6) is 5.75 Å². The van der Waals surface area contributed by atoms with E-state index < -0.39 is 5.97 Å². The van der Waals surface area contributed by atoms with E-state index in [1.54, 1.807) is 17.5 Å². The summed E-state index contributed by atoms with van der Waals surface area (Å²) in [4.78, 5) is 16.3. The molecule has 2 aromatic carbocycles. The summed E-state index contributed by atoms with van der Waals surface area (Å²) < 4.78 is 10.7. The maximum Gasteiger partial charge on any atom is 0.358 e. The predicted octanol–water partition coefficient (Wildman–Crippen LogP) is 4.64. The van der Waals surface area contributed by atoms with Gasteiger partial charge in [0.1, 0.15) is 19.0 Å². The Balaban J connectivity index is 1.42. The fraction of sp³-hybridized carbons (Fsp3) is 0.158. The molecule has 0 aliphatic rings. The van der Waals surface area contributed by atoms with Crippen molar-refractivity contribution in [3.8, 4) is 5.75 Å². The first-order valence-corrected chi connectivity index (χ1v) is 9.26. The molecule has 0 aliphatic carbocycles. The van der Waals surface area contributed by atoms with Crippen molar-refractivity contribution in [2.75, 3.05) is 18.5 Å². The Kier molecular flexibility index (Phi) is 6.46. The van der Waals surface area contributed by atoms with Crippen molar-refractivity contribution in [3.63, 3.8) is 0 Å². The molecule has 3 aromatic rings. The largest absolute Gasteiger partial charge is 0.488 e. The number of nitrogens with zero attached hydrogens (tertiary/aromatic N) is 1. The smallest absolute Gasteiger partial charge is 0.358 e. The Bertz CT molecular complexity index is 855.